The minimum atomic E-state index is -0.857. The smallest absolute Gasteiger partial charge is 0.243 e. The Morgan fingerprint density at radius 3 is 1.68 bits per heavy atom. The minimum absolute atomic E-state index is 0.285. The Labute approximate surface area is 181 Å². The molecule has 0 aromatic heterocycles. The van der Waals surface area contributed by atoms with Gasteiger partial charge >= 0.3 is 0 Å². The third-order valence-electron chi connectivity index (χ3n) is 4.88. The van der Waals surface area contributed by atoms with E-state index >= 15 is 0 Å². The van der Waals surface area contributed by atoms with Gasteiger partial charge in [-0.2, -0.15) is 0 Å². The summed E-state index contributed by atoms with van der Waals surface area (Å²) in [6.07, 6.45) is 0.285. The van der Waals surface area contributed by atoms with Crippen molar-refractivity contribution in [2.45, 2.75) is 18.4 Å². The summed E-state index contributed by atoms with van der Waals surface area (Å²) in [5.74, 6) is -1.99. The second kappa shape index (κ2) is 10.7. The molecule has 158 valence electrons. The van der Waals surface area contributed by atoms with E-state index in [0.29, 0.717) is 0 Å². The van der Waals surface area contributed by atoms with Crippen LogP contribution in [0.1, 0.15) is 22.6 Å². The number of rotatable bonds is 9. The lowest BCUT2D eigenvalue weighted by atomic mass is 9.90. The molecule has 6 heteroatoms. The van der Waals surface area contributed by atoms with E-state index in [0.717, 1.165) is 16.7 Å². The van der Waals surface area contributed by atoms with Gasteiger partial charge in [-0.15, -0.1) is 0 Å². The summed E-state index contributed by atoms with van der Waals surface area (Å²) in [4.78, 5) is 37.3. The number of primary amides is 1. The van der Waals surface area contributed by atoms with E-state index in [4.69, 9.17) is 5.73 Å². The fraction of sp³-hybridized carbons (Fsp3) is 0.160. The van der Waals surface area contributed by atoms with E-state index in [9.17, 15) is 14.4 Å². The Balaban J connectivity index is 1.87. The first kappa shape index (κ1) is 21.8. The summed E-state index contributed by atoms with van der Waals surface area (Å²) in [5, 5.41) is 5.38. The molecule has 0 unspecified atom stereocenters. The summed E-state index contributed by atoms with van der Waals surface area (Å²) in [6, 6.07) is 27.3. The van der Waals surface area contributed by atoms with E-state index in [1.807, 2.05) is 91.0 Å². The summed E-state index contributed by atoms with van der Waals surface area (Å²) >= 11 is 0. The Morgan fingerprint density at radius 1 is 0.710 bits per heavy atom. The number of hydrogen-bond acceptors (Lipinski definition) is 3. The van der Waals surface area contributed by atoms with Crippen LogP contribution >= 0.6 is 0 Å². The molecule has 0 fully saturated rings. The lowest BCUT2D eigenvalue weighted by molar-refractivity contribution is -0.130. The van der Waals surface area contributed by atoms with Crippen LogP contribution in [0.15, 0.2) is 91.0 Å². The SMILES string of the molecule is NC(=O)CNC(=O)[C@H](Cc1ccccc1)NC(=O)C(c1ccccc1)c1ccccc1. The molecule has 0 radical (unpaired) electrons. The molecule has 3 amide bonds. The van der Waals surface area contributed by atoms with Gasteiger partial charge in [0.2, 0.25) is 17.7 Å². The molecule has 0 aliphatic heterocycles. The van der Waals surface area contributed by atoms with E-state index in [1.165, 1.54) is 0 Å². The molecule has 0 saturated carbocycles. The van der Waals surface area contributed by atoms with Crippen molar-refractivity contribution in [3.63, 3.8) is 0 Å². The predicted molar refractivity (Wildman–Crippen MR) is 119 cm³/mol. The van der Waals surface area contributed by atoms with Gasteiger partial charge in [0.1, 0.15) is 6.04 Å². The monoisotopic (exact) mass is 415 g/mol. The van der Waals surface area contributed by atoms with Gasteiger partial charge in [-0.25, -0.2) is 0 Å². The standard InChI is InChI=1S/C25H25N3O3/c26-22(29)17-27-24(30)21(16-18-10-4-1-5-11-18)28-25(31)23(19-12-6-2-7-13-19)20-14-8-3-9-15-20/h1-15,21,23H,16-17H2,(H2,26,29)(H,27,30)(H,28,31)/t21-/m0/s1. The van der Waals surface area contributed by atoms with Gasteiger partial charge in [0, 0.05) is 6.42 Å². The molecule has 0 aliphatic rings. The second-order valence-electron chi connectivity index (χ2n) is 7.19. The fourth-order valence-corrected chi connectivity index (χ4v) is 3.40. The molecule has 3 aromatic rings. The van der Waals surface area contributed by atoms with Crippen LogP contribution in [0.2, 0.25) is 0 Å². The van der Waals surface area contributed by atoms with Crippen LogP contribution in [0.25, 0.3) is 0 Å². The fourth-order valence-electron chi connectivity index (χ4n) is 3.40. The third kappa shape index (κ3) is 6.27. The van der Waals surface area contributed by atoms with Gasteiger partial charge in [-0.1, -0.05) is 91.0 Å². The minimum Gasteiger partial charge on any atom is -0.368 e. The maximum Gasteiger partial charge on any atom is 0.243 e. The molecule has 0 aliphatic carbocycles. The zero-order valence-corrected chi connectivity index (χ0v) is 17.0. The molecule has 0 spiro atoms. The first-order valence-corrected chi connectivity index (χ1v) is 10.0. The van der Waals surface area contributed by atoms with Crippen LogP contribution in [0.3, 0.4) is 0 Å². The van der Waals surface area contributed by atoms with E-state index in [1.54, 1.807) is 0 Å². The summed E-state index contributed by atoms with van der Waals surface area (Å²) in [5.41, 5.74) is 7.68. The van der Waals surface area contributed by atoms with Crippen LogP contribution < -0.4 is 16.4 Å². The van der Waals surface area contributed by atoms with Gasteiger partial charge in [0.15, 0.2) is 0 Å². The third-order valence-corrected chi connectivity index (χ3v) is 4.88. The topological polar surface area (TPSA) is 101 Å². The highest BCUT2D eigenvalue weighted by Gasteiger charge is 2.28. The van der Waals surface area contributed by atoms with Crippen molar-refractivity contribution in [3.8, 4) is 0 Å². The zero-order chi connectivity index (χ0) is 22.1. The Morgan fingerprint density at radius 2 is 1.19 bits per heavy atom. The molecule has 0 heterocycles. The highest BCUT2D eigenvalue weighted by atomic mass is 16.2. The van der Waals surface area contributed by atoms with Crippen molar-refractivity contribution in [2.75, 3.05) is 6.54 Å². The molecular weight excluding hydrogens is 390 g/mol. The molecule has 6 nitrogen and oxygen atoms in total. The summed E-state index contributed by atoms with van der Waals surface area (Å²) in [7, 11) is 0. The highest BCUT2D eigenvalue weighted by molar-refractivity contribution is 5.93. The van der Waals surface area contributed by atoms with Crippen LogP contribution in [-0.2, 0) is 20.8 Å². The average molecular weight is 415 g/mol. The summed E-state index contributed by atoms with van der Waals surface area (Å²) < 4.78 is 0. The van der Waals surface area contributed by atoms with Crippen molar-refractivity contribution < 1.29 is 14.4 Å². The maximum atomic E-state index is 13.4. The van der Waals surface area contributed by atoms with Crippen molar-refractivity contribution >= 4 is 17.7 Å². The van der Waals surface area contributed by atoms with Crippen molar-refractivity contribution in [1.29, 1.82) is 0 Å². The maximum absolute atomic E-state index is 13.4. The van der Waals surface area contributed by atoms with Crippen molar-refractivity contribution in [3.05, 3.63) is 108 Å². The molecule has 3 rings (SSSR count). The van der Waals surface area contributed by atoms with Crippen molar-refractivity contribution in [1.82, 2.24) is 10.6 Å². The van der Waals surface area contributed by atoms with Gasteiger partial charge in [-0.05, 0) is 16.7 Å². The number of nitrogens with two attached hydrogens (primary N) is 1. The number of nitrogens with one attached hydrogen (secondary N) is 2. The number of hydrogen-bond donors (Lipinski definition) is 3. The zero-order valence-electron chi connectivity index (χ0n) is 17.0. The lowest BCUT2D eigenvalue weighted by Gasteiger charge is -2.23. The Bertz CT molecular complexity index is 968. The second-order valence-corrected chi connectivity index (χ2v) is 7.19. The molecule has 4 N–H and O–H groups in total. The molecule has 1 atom stereocenters. The van der Waals surface area contributed by atoms with Gasteiger partial charge in [0.05, 0.1) is 12.5 Å². The Kier molecular flexibility index (Phi) is 7.54. The van der Waals surface area contributed by atoms with Gasteiger partial charge < -0.3 is 16.4 Å². The van der Waals surface area contributed by atoms with Crippen molar-refractivity contribution in [2.24, 2.45) is 5.73 Å². The van der Waals surface area contributed by atoms with Crippen LogP contribution in [0, 0.1) is 0 Å². The molecule has 31 heavy (non-hydrogen) atoms. The van der Waals surface area contributed by atoms with E-state index < -0.39 is 23.8 Å². The lowest BCUT2D eigenvalue weighted by Crippen LogP contribution is -2.50. The average Bonchev–Trinajstić information content (AvgIpc) is 2.79. The number of benzene rings is 3. The predicted octanol–water partition coefficient (Wildman–Crippen LogP) is 2.15. The number of amides is 3. The first-order valence-electron chi connectivity index (χ1n) is 10.0. The molecule has 0 bridgehead atoms. The quantitative estimate of drug-likeness (QED) is 0.499. The van der Waals surface area contributed by atoms with Gasteiger partial charge in [0.25, 0.3) is 0 Å². The number of carbonyl (C=O) groups is 3. The normalized spacial score (nSPS) is 11.5. The molecular formula is C25H25N3O3. The first-order chi connectivity index (χ1) is 15.0. The highest BCUT2D eigenvalue weighted by Crippen LogP contribution is 2.25. The van der Waals surface area contributed by atoms with Crippen LogP contribution in [0.4, 0.5) is 0 Å². The molecule has 0 saturated heterocycles. The largest absolute Gasteiger partial charge is 0.368 e. The van der Waals surface area contributed by atoms with Gasteiger partial charge in [-0.3, -0.25) is 14.4 Å². The van der Waals surface area contributed by atoms with E-state index in [2.05, 4.69) is 10.6 Å². The van der Waals surface area contributed by atoms with Crippen LogP contribution in [-0.4, -0.2) is 30.3 Å². The van der Waals surface area contributed by atoms with Crippen LogP contribution in [0.5, 0.6) is 0 Å². The summed E-state index contributed by atoms with van der Waals surface area (Å²) in [6.45, 7) is -0.291. The van der Waals surface area contributed by atoms with E-state index in [-0.39, 0.29) is 18.9 Å². The molecule has 3 aromatic carbocycles. The Hall–Kier alpha value is -3.93. The number of carbonyl (C=O) groups excluding carboxylic acids is 3.